The number of para-hydroxylation sites is 1. The smallest absolute Gasteiger partial charge is 0.319 e. The van der Waals surface area contributed by atoms with E-state index in [4.69, 9.17) is 4.74 Å². The second-order valence-corrected chi connectivity index (χ2v) is 7.39. The molecule has 24 heavy (non-hydrogen) atoms. The number of rotatable bonds is 4. The standard InChI is InChI=1S/C17H16N4O2S/c22-16-14(7-8-23-16)24-17-20-19-15(21(17)10-5-6-10)12-9-18-13-4-2-1-3-11(12)13/h1-4,9-10,14,18H,5-8H2. The first-order chi connectivity index (χ1) is 11.8. The third kappa shape index (κ3) is 2.23. The average Bonchev–Trinajstić information content (AvgIpc) is 3.02. The molecule has 1 saturated carbocycles. The molecule has 0 amide bonds. The molecule has 3 aromatic rings. The third-order valence-corrected chi connectivity index (χ3v) is 5.74. The molecular weight excluding hydrogens is 324 g/mol. The first-order valence-corrected chi connectivity index (χ1v) is 9.04. The highest BCUT2D eigenvalue weighted by molar-refractivity contribution is 8.00. The van der Waals surface area contributed by atoms with Gasteiger partial charge >= 0.3 is 5.97 Å². The van der Waals surface area contributed by atoms with E-state index in [9.17, 15) is 4.79 Å². The highest BCUT2D eigenvalue weighted by Crippen LogP contribution is 2.43. The molecule has 1 unspecified atom stereocenters. The molecule has 122 valence electrons. The molecule has 2 fully saturated rings. The molecule has 5 rings (SSSR count). The van der Waals surface area contributed by atoms with Gasteiger partial charge in [0.15, 0.2) is 11.0 Å². The molecular formula is C17H16N4O2S. The van der Waals surface area contributed by atoms with Gasteiger partial charge in [0.2, 0.25) is 0 Å². The molecule has 2 aromatic heterocycles. The van der Waals surface area contributed by atoms with E-state index in [0.29, 0.717) is 12.6 Å². The second-order valence-electron chi connectivity index (χ2n) is 6.22. The van der Waals surface area contributed by atoms with E-state index in [0.717, 1.165) is 46.7 Å². The fourth-order valence-corrected chi connectivity index (χ4v) is 4.24. The third-order valence-electron chi connectivity index (χ3n) is 4.54. The number of aromatic nitrogens is 4. The van der Waals surface area contributed by atoms with Gasteiger partial charge in [0.1, 0.15) is 5.25 Å². The quantitative estimate of drug-likeness (QED) is 0.739. The molecule has 7 heteroatoms. The van der Waals surface area contributed by atoms with Crippen molar-refractivity contribution in [1.82, 2.24) is 19.7 Å². The Kier molecular flexibility index (Phi) is 3.16. The van der Waals surface area contributed by atoms with Crippen LogP contribution in [0.1, 0.15) is 25.3 Å². The zero-order valence-electron chi connectivity index (χ0n) is 12.9. The molecule has 1 aromatic carbocycles. The van der Waals surface area contributed by atoms with E-state index >= 15 is 0 Å². The number of cyclic esters (lactones) is 1. The van der Waals surface area contributed by atoms with Crippen LogP contribution in [0.25, 0.3) is 22.3 Å². The Morgan fingerprint density at radius 3 is 2.88 bits per heavy atom. The highest BCUT2D eigenvalue weighted by atomic mass is 32.2. The van der Waals surface area contributed by atoms with Crippen LogP contribution in [-0.4, -0.2) is 37.6 Å². The van der Waals surface area contributed by atoms with Gasteiger partial charge in [-0.25, -0.2) is 0 Å². The topological polar surface area (TPSA) is 72.8 Å². The van der Waals surface area contributed by atoms with Gasteiger partial charge in [-0.15, -0.1) is 10.2 Å². The molecule has 0 spiro atoms. The maximum atomic E-state index is 11.8. The molecule has 0 bridgehead atoms. The number of hydrogen-bond donors (Lipinski definition) is 1. The number of carbonyl (C=O) groups excluding carboxylic acids is 1. The Morgan fingerprint density at radius 2 is 2.08 bits per heavy atom. The minimum absolute atomic E-state index is 0.140. The molecule has 1 N–H and O–H groups in total. The summed E-state index contributed by atoms with van der Waals surface area (Å²) in [6.07, 6.45) is 5.00. The molecule has 6 nitrogen and oxygen atoms in total. The van der Waals surface area contributed by atoms with E-state index in [1.54, 1.807) is 0 Å². The Hall–Kier alpha value is -2.28. The summed E-state index contributed by atoms with van der Waals surface area (Å²) in [6.45, 7) is 0.503. The number of benzene rings is 1. The van der Waals surface area contributed by atoms with Crippen LogP contribution in [-0.2, 0) is 9.53 Å². The summed E-state index contributed by atoms with van der Waals surface area (Å²) in [6, 6.07) is 8.63. The van der Waals surface area contributed by atoms with Crippen molar-refractivity contribution in [3.8, 4) is 11.4 Å². The van der Waals surface area contributed by atoms with Crippen molar-refractivity contribution in [2.45, 2.75) is 35.7 Å². The minimum Gasteiger partial charge on any atom is -0.465 e. The van der Waals surface area contributed by atoms with Crippen LogP contribution < -0.4 is 0 Å². The lowest BCUT2D eigenvalue weighted by atomic mass is 10.1. The van der Waals surface area contributed by atoms with Crippen LogP contribution in [0.4, 0.5) is 0 Å². The second kappa shape index (κ2) is 5.37. The molecule has 0 radical (unpaired) electrons. The number of ether oxygens (including phenoxy) is 1. The fraction of sp³-hybridized carbons (Fsp3) is 0.353. The minimum atomic E-state index is -0.164. The molecule has 1 aliphatic heterocycles. The van der Waals surface area contributed by atoms with Crippen LogP contribution in [0, 0.1) is 0 Å². The van der Waals surface area contributed by atoms with Crippen LogP contribution >= 0.6 is 11.8 Å². The van der Waals surface area contributed by atoms with Crippen molar-refractivity contribution in [2.24, 2.45) is 0 Å². The number of H-pyrrole nitrogens is 1. The van der Waals surface area contributed by atoms with Crippen molar-refractivity contribution in [3.63, 3.8) is 0 Å². The lowest BCUT2D eigenvalue weighted by Crippen LogP contribution is -2.11. The van der Waals surface area contributed by atoms with E-state index in [1.165, 1.54) is 11.8 Å². The summed E-state index contributed by atoms with van der Waals surface area (Å²) in [4.78, 5) is 15.1. The number of esters is 1. The van der Waals surface area contributed by atoms with Crippen LogP contribution in [0.15, 0.2) is 35.6 Å². The van der Waals surface area contributed by atoms with Crippen LogP contribution in [0.2, 0.25) is 0 Å². The first-order valence-electron chi connectivity index (χ1n) is 8.16. The van der Waals surface area contributed by atoms with Crippen molar-refractivity contribution in [2.75, 3.05) is 6.61 Å². The SMILES string of the molecule is O=C1OCCC1Sc1nnc(-c2c[nH]c3ccccc23)n1C1CC1. The molecule has 1 atom stereocenters. The van der Waals surface area contributed by atoms with Crippen molar-refractivity contribution < 1.29 is 9.53 Å². The summed E-state index contributed by atoms with van der Waals surface area (Å²) in [5, 5.41) is 10.6. The number of hydrogen-bond acceptors (Lipinski definition) is 5. The number of aromatic amines is 1. The van der Waals surface area contributed by atoms with E-state index in [2.05, 4.69) is 31.9 Å². The van der Waals surface area contributed by atoms with E-state index < -0.39 is 0 Å². The number of fused-ring (bicyclic) bond motifs is 1. The first kappa shape index (κ1) is 14.1. The van der Waals surface area contributed by atoms with Crippen molar-refractivity contribution >= 4 is 28.6 Å². The molecule has 1 aliphatic carbocycles. The maximum Gasteiger partial charge on any atom is 0.319 e. The molecule has 3 heterocycles. The van der Waals surface area contributed by atoms with E-state index in [-0.39, 0.29) is 11.2 Å². The summed E-state index contributed by atoms with van der Waals surface area (Å²) in [7, 11) is 0. The predicted octanol–water partition coefficient (Wildman–Crippen LogP) is 3.17. The lowest BCUT2D eigenvalue weighted by molar-refractivity contribution is -0.137. The Morgan fingerprint density at radius 1 is 1.21 bits per heavy atom. The summed E-state index contributed by atoms with van der Waals surface area (Å²) < 4.78 is 7.27. The Balaban J connectivity index is 1.58. The van der Waals surface area contributed by atoms with Crippen LogP contribution in [0.5, 0.6) is 0 Å². The van der Waals surface area contributed by atoms with E-state index in [1.807, 2.05) is 18.3 Å². The van der Waals surface area contributed by atoms with Crippen molar-refractivity contribution in [1.29, 1.82) is 0 Å². The summed E-state index contributed by atoms with van der Waals surface area (Å²) in [5.74, 6) is 0.739. The maximum absolute atomic E-state index is 11.8. The lowest BCUT2D eigenvalue weighted by Gasteiger charge is -2.09. The van der Waals surface area contributed by atoms with Gasteiger partial charge in [0.25, 0.3) is 0 Å². The van der Waals surface area contributed by atoms with Gasteiger partial charge in [-0.05, 0) is 18.9 Å². The summed E-state index contributed by atoms with van der Waals surface area (Å²) in [5.41, 5.74) is 2.15. The zero-order chi connectivity index (χ0) is 16.1. The Bertz CT molecular complexity index is 928. The number of nitrogens with zero attached hydrogens (tertiary/aromatic N) is 3. The predicted molar refractivity (Wildman–Crippen MR) is 90.8 cm³/mol. The Labute approximate surface area is 142 Å². The zero-order valence-corrected chi connectivity index (χ0v) is 13.8. The summed E-state index contributed by atoms with van der Waals surface area (Å²) >= 11 is 1.48. The van der Waals surface area contributed by atoms with Gasteiger partial charge in [0, 0.05) is 35.1 Å². The van der Waals surface area contributed by atoms with Gasteiger partial charge < -0.3 is 9.72 Å². The van der Waals surface area contributed by atoms with Crippen LogP contribution in [0.3, 0.4) is 0 Å². The van der Waals surface area contributed by atoms with Gasteiger partial charge in [-0.3, -0.25) is 9.36 Å². The number of carbonyl (C=O) groups is 1. The van der Waals surface area contributed by atoms with Gasteiger partial charge in [-0.1, -0.05) is 30.0 Å². The monoisotopic (exact) mass is 340 g/mol. The fourth-order valence-electron chi connectivity index (χ4n) is 3.17. The average molecular weight is 340 g/mol. The molecule has 1 saturated heterocycles. The largest absolute Gasteiger partial charge is 0.465 e. The molecule has 2 aliphatic rings. The number of thioether (sulfide) groups is 1. The number of nitrogens with one attached hydrogen (secondary N) is 1. The highest BCUT2D eigenvalue weighted by Gasteiger charge is 2.34. The van der Waals surface area contributed by atoms with Gasteiger partial charge in [0.05, 0.1) is 6.61 Å². The normalized spacial score (nSPS) is 20.7. The van der Waals surface area contributed by atoms with Gasteiger partial charge in [-0.2, -0.15) is 0 Å². The van der Waals surface area contributed by atoms with Crippen molar-refractivity contribution in [3.05, 3.63) is 30.5 Å².